The molecule has 0 bridgehead atoms. The molecule has 0 spiro atoms. The lowest BCUT2D eigenvalue weighted by molar-refractivity contribution is -0.0876. The van der Waals surface area contributed by atoms with Crippen LogP contribution in [0.3, 0.4) is 0 Å². The number of methoxy groups -OCH3 is 2. The van der Waals surface area contributed by atoms with Crippen molar-refractivity contribution in [3.8, 4) is 11.5 Å². The quantitative estimate of drug-likeness (QED) is 0.626. The van der Waals surface area contributed by atoms with Crippen LogP contribution in [0.25, 0.3) is 6.08 Å². The molecule has 1 aromatic rings. The number of benzene rings is 1. The van der Waals surface area contributed by atoms with Crippen molar-refractivity contribution in [2.24, 2.45) is 22.7 Å². The molecule has 2 nitrogen and oxygen atoms in total. The zero-order valence-corrected chi connectivity index (χ0v) is 17.3. The standard InChI is InChI=1S/C24H34O2/c1-22(2)11-7-12-24(4)20(22)10-13-23(3)17-15-19(26-6)18(25-5)14-16(17)8-9-21(23)24/h8-9,14-15,20-21H,7,10-13H2,1-6H3/t20?,21-,23-,24-/m0/s1. The van der Waals surface area contributed by atoms with Crippen LogP contribution in [0.1, 0.15) is 70.9 Å². The molecule has 0 amide bonds. The van der Waals surface area contributed by atoms with Gasteiger partial charge in [0.1, 0.15) is 0 Å². The van der Waals surface area contributed by atoms with Gasteiger partial charge in [-0.25, -0.2) is 0 Å². The Kier molecular flexibility index (Phi) is 3.99. The smallest absolute Gasteiger partial charge is 0.161 e. The fourth-order valence-corrected chi connectivity index (χ4v) is 7.05. The van der Waals surface area contributed by atoms with E-state index >= 15 is 0 Å². The first-order chi connectivity index (χ1) is 12.3. The van der Waals surface area contributed by atoms with Gasteiger partial charge in [0, 0.05) is 5.41 Å². The zero-order chi connectivity index (χ0) is 18.7. The van der Waals surface area contributed by atoms with Crippen LogP contribution in [0.4, 0.5) is 0 Å². The first-order valence-corrected chi connectivity index (χ1v) is 10.2. The lowest BCUT2D eigenvalue weighted by Crippen LogP contribution is -2.56. The maximum atomic E-state index is 5.64. The Morgan fingerprint density at radius 2 is 1.62 bits per heavy atom. The number of hydrogen-bond acceptors (Lipinski definition) is 2. The van der Waals surface area contributed by atoms with Crippen molar-refractivity contribution in [3.63, 3.8) is 0 Å². The van der Waals surface area contributed by atoms with Crippen molar-refractivity contribution in [1.82, 2.24) is 0 Å². The summed E-state index contributed by atoms with van der Waals surface area (Å²) in [5.74, 6) is 3.10. The van der Waals surface area contributed by atoms with Crippen molar-refractivity contribution >= 4 is 6.08 Å². The zero-order valence-electron chi connectivity index (χ0n) is 17.3. The van der Waals surface area contributed by atoms with Gasteiger partial charge in [-0.1, -0.05) is 46.3 Å². The molecule has 2 saturated carbocycles. The van der Waals surface area contributed by atoms with Crippen LogP contribution in [0.5, 0.6) is 11.5 Å². The first-order valence-electron chi connectivity index (χ1n) is 10.2. The van der Waals surface area contributed by atoms with Crippen molar-refractivity contribution < 1.29 is 9.47 Å². The Morgan fingerprint density at radius 3 is 2.31 bits per heavy atom. The highest BCUT2D eigenvalue weighted by Gasteiger charge is 2.58. The number of ether oxygens (including phenoxy) is 2. The molecule has 1 aromatic carbocycles. The molecule has 0 radical (unpaired) electrons. The van der Waals surface area contributed by atoms with E-state index < -0.39 is 0 Å². The van der Waals surface area contributed by atoms with Gasteiger partial charge < -0.3 is 9.47 Å². The van der Waals surface area contributed by atoms with E-state index in [0.29, 0.717) is 16.7 Å². The first kappa shape index (κ1) is 17.9. The summed E-state index contributed by atoms with van der Waals surface area (Å²) in [5, 5.41) is 0. The maximum absolute atomic E-state index is 5.64. The van der Waals surface area contributed by atoms with E-state index in [2.05, 4.69) is 52.0 Å². The van der Waals surface area contributed by atoms with Crippen LogP contribution in [0.2, 0.25) is 0 Å². The lowest BCUT2D eigenvalue weighted by Gasteiger charge is -2.63. The van der Waals surface area contributed by atoms with Gasteiger partial charge in [0.05, 0.1) is 14.2 Å². The average molecular weight is 355 g/mol. The van der Waals surface area contributed by atoms with Gasteiger partial charge in [-0.15, -0.1) is 0 Å². The molecule has 0 aliphatic heterocycles. The molecule has 4 atom stereocenters. The largest absolute Gasteiger partial charge is 0.493 e. The van der Waals surface area contributed by atoms with Crippen molar-refractivity contribution in [2.75, 3.05) is 14.2 Å². The van der Waals surface area contributed by atoms with Gasteiger partial charge in [-0.05, 0) is 71.6 Å². The monoisotopic (exact) mass is 354 g/mol. The molecule has 4 rings (SSSR count). The Hall–Kier alpha value is -1.44. The third-order valence-electron chi connectivity index (χ3n) is 8.26. The molecular weight excluding hydrogens is 320 g/mol. The van der Waals surface area contributed by atoms with E-state index in [-0.39, 0.29) is 5.41 Å². The van der Waals surface area contributed by atoms with Crippen LogP contribution in [-0.2, 0) is 5.41 Å². The van der Waals surface area contributed by atoms with Crippen LogP contribution < -0.4 is 9.47 Å². The van der Waals surface area contributed by atoms with E-state index in [9.17, 15) is 0 Å². The highest BCUT2D eigenvalue weighted by molar-refractivity contribution is 5.65. The van der Waals surface area contributed by atoms with Gasteiger partial charge in [0.15, 0.2) is 11.5 Å². The third-order valence-corrected chi connectivity index (χ3v) is 8.26. The molecule has 2 fully saturated rings. The average Bonchev–Trinajstić information content (AvgIpc) is 2.59. The topological polar surface area (TPSA) is 18.5 Å². The summed E-state index contributed by atoms with van der Waals surface area (Å²) in [5.41, 5.74) is 3.78. The predicted octanol–water partition coefficient (Wildman–Crippen LogP) is 6.23. The van der Waals surface area contributed by atoms with Gasteiger partial charge >= 0.3 is 0 Å². The Balaban J connectivity index is 1.84. The molecule has 0 N–H and O–H groups in total. The van der Waals surface area contributed by atoms with Gasteiger partial charge in [-0.2, -0.15) is 0 Å². The summed E-state index contributed by atoms with van der Waals surface area (Å²) >= 11 is 0. The van der Waals surface area contributed by atoms with E-state index in [4.69, 9.17) is 9.47 Å². The predicted molar refractivity (Wildman–Crippen MR) is 108 cm³/mol. The highest BCUT2D eigenvalue weighted by Crippen LogP contribution is 2.66. The normalized spacial score (nSPS) is 37.3. The second-order valence-corrected chi connectivity index (χ2v) is 9.99. The summed E-state index contributed by atoms with van der Waals surface area (Å²) < 4.78 is 11.2. The third kappa shape index (κ3) is 2.30. The number of rotatable bonds is 2. The molecule has 142 valence electrons. The fraction of sp³-hybridized carbons (Fsp3) is 0.667. The van der Waals surface area contributed by atoms with Crippen LogP contribution in [-0.4, -0.2) is 14.2 Å². The summed E-state index contributed by atoms with van der Waals surface area (Å²) in [6.45, 7) is 10.1. The Bertz CT molecular complexity index is 747. The molecule has 0 heterocycles. The molecule has 1 unspecified atom stereocenters. The summed E-state index contributed by atoms with van der Waals surface area (Å²) in [7, 11) is 3.46. The van der Waals surface area contributed by atoms with E-state index in [1.807, 2.05) is 0 Å². The van der Waals surface area contributed by atoms with Gasteiger partial charge in [-0.3, -0.25) is 0 Å². The summed E-state index contributed by atoms with van der Waals surface area (Å²) in [6.07, 6.45) is 11.6. The molecular formula is C24H34O2. The molecule has 0 aromatic heterocycles. The second-order valence-electron chi connectivity index (χ2n) is 9.99. The van der Waals surface area contributed by atoms with Crippen LogP contribution in [0.15, 0.2) is 18.2 Å². The minimum Gasteiger partial charge on any atom is -0.493 e. The molecule has 3 aliphatic carbocycles. The SMILES string of the molecule is COc1cc2c(cc1OC)[C@]1(C)CCC3C(C)(C)CCC[C@]3(C)[C@H]1C=C2. The van der Waals surface area contributed by atoms with Crippen molar-refractivity contribution in [2.45, 2.75) is 65.2 Å². The van der Waals surface area contributed by atoms with E-state index in [0.717, 1.165) is 17.4 Å². The van der Waals surface area contributed by atoms with E-state index in [1.54, 1.807) is 14.2 Å². The number of allylic oxidation sites excluding steroid dienone is 1. The van der Waals surface area contributed by atoms with E-state index in [1.165, 1.54) is 43.2 Å². The number of fused-ring (bicyclic) bond motifs is 5. The summed E-state index contributed by atoms with van der Waals surface area (Å²) in [4.78, 5) is 0. The molecule has 2 heteroatoms. The lowest BCUT2D eigenvalue weighted by atomic mass is 9.41. The minimum absolute atomic E-state index is 0.183. The molecule has 3 aliphatic rings. The fourth-order valence-electron chi connectivity index (χ4n) is 7.05. The van der Waals surface area contributed by atoms with Gasteiger partial charge in [0.25, 0.3) is 0 Å². The van der Waals surface area contributed by atoms with Crippen LogP contribution in [0, 0.1) is 22.7 Å². The Morgan fingerprint density at radius 1 is 0.923 bits per heavy atom. The molecule has 26 heavy (non-hydrogen) atoms. The van der Waals surface area contributed by atoms with Gasteiger partial charge in [0.2, 0.25) is 0 Å². The number of hydrogen-bond donors (Lipinski definition) is 0. The summed E-state index contributed by atoms with van der Waals surface area (Å²) in [6, 6.07) is 4.41. The van der Waals surface area contributed by atoms with Crippen LogP contribution >= 0.6 is 0 Å². The minimum atomic E-state index is 0.183. The Labute approximate surface area is 159 Å². The van der Waals surface area contributed by atoms with Crippen molar-refractivity contribution in [3.05, 3.63) is 29.3 Å². The maximum Gasteiger partial charge on any atom is 0.161 e. The van der Waals surface area contributed by atoms with Crippen molar-refractivity contribution in [1.29, 1.82) is 0 Å². The second kappa shape index (κ2) is 5.78. The highest BCUT2D eigenvalue weighted by atomic mass is 16.5. The molecule has 0 saturated heterocycles.